The molecule has 1 unspecified atom stereocenters. The van der Waals surface area contributed by atoms with Crippen molar-refractivity contribution >= 4 is 15.9 Å². The fourth-order valence-corrected chi connectivity index (χ4v) is 2.24. The van der Waals surface area contributed by atoms with E-state index in [1.54, 1.807) is 6.20 Å². The van der Waals surface area contributed by atoms with Crippen molar-refractivity contribution in [3.63, 3.8) is 0 Å². The normalized spacial score (nSPS) is 20.4. The van der Waals surface area contributed by atoms with Crippen LogP contribution in [0.2, 0.25) is 0 Å². The Hall–Kier alpha value is -0.390. The third-order valence-corrected chi connectivity index (χ3v) is 3.54. The van der Waals surface area contributed by atoms with Crippen molar-refractivity contribution in [1.29, 1.82) is 0 Å². The highest BCUT2D eigenvalue weighted by Crippen LogP contribution is 2.30. The molecule has 1 aromatic heterocycles. The molecule has 0 amide bonds. The van der Waals surface area contributed by atoms with E-state index < -0.39 is 5.60 Å². The van der Waals surface area contributed by atoms with Crippen LogP contribution in [0.1, 0.15) is 26.2 Å². The maximum absolute atomic E-state index is 9.94. The Labute approximate surface area is 104 Å². The van der Waals surface area contributed by atoms with Gasteiger partial charge in [-0.1, -0.05) is 0 Å². The van der Waals surface area contributed by atoms with Gasteiger partial charge in [0.25, 0.3) is 0 Å². The number of rotatable bonds is 5. The minimum atomic E-state index is -0.445. The molecule has 16 heavy (non-hydrogen) atoms. The van der Waals surface area contributed by atoms with Gasteiger partial charge in [0.1, 0.15) is 0 Å². The summed E-state index contributed by atoms with van der Waals surface area (Å²) in [6.07, 6.45) is 6.75. The first-order valence-electron chi connectivity index (χ1n) is 5.71. The zero-order valence-corrected chi connectivity index (χ0v) is 11.1. The summed E-state index contributed by atoms with van der Waals surface area (Å²) in [5.74, 6) is 0. The van der Waals surface area contributed by atoms with Gasteiger partial charge in [-0.05, 0) is 42.1 Å². The maximum Gasteiger partial charge on any atom is 0.0771 e. The number of halogens is 1. The molecule has 1 aliphatic carbocycles. The summed E-state index contributed by atoms with van der Waals surface area (Å²) >= 11 is 3.37. The van der Waals surface area contributed by atoms with Gasteiger partial charge in [-0.15, -0.1) is 0 Å². The van der Waals surface area contributed by atoms with Gasteiger partial charge >= 0.3 is 0 Å². The van der Waals surface area contributed by atoms with Gasteiger partial charge in [0.05, 0.1) is 22.8 Å². The Morgan fingerprint density at radius 2 is 2.44 bits per heavy atom. The number of hydrogen-bond donors (Lipinski definition) is 2. The van der Waals surface area contributed by atoms with Gasteiger partial charge in [-0.25, -0.2) is 0 Å². The Balaban J connectivity index is 1.73. The third kappa shape index (κ3) is 3.06. The summed E-state index contributed by atoms with van der Waals surface area (Å²) in [6.45, 7) is 3.62. The molecule has 90 valence electrons. The summed E-state index contributed by atoms with van der Waals surface area (Å²) in [4.78, 5) is 0. The zero-order chi connectivity index (χ0) is 11.6. The highest BCUT2D eigenvalue weighted by molar-refractivity contribution is 9.10. The first-order valence-corrected chi connectivity index (χ1v) is 6.50. The highest BCUT2D eigenvalue weighted by Gasteiger charge is 2.34. The molecular weight excluding hydrogens is 270 g/mol. The van der Waals surface area contributed by atoms with Gasteiger partial charge in [0.15, 0.2) is 0 Å². The van der Waals surface area contributed by atoms with E-state index >= 15 is 0 Å². The maximum atomic E-state index is 9.94. The molecule has 0 aliphatic heterocycles. The lowest BCUT2D eigenvalue weighted by Crippen LogP contribution is -2.49. The molecule has 0 spiro atoms. The smallest absolute Gasteiger partial charge is 0.0771 e. The minimum Gasteiger partial charge on any atom is -0.389 e. The number of aromatic nitrogens is 2. The molecule has 1 heterocycles. The molecule has 5 heteroatoms. The van der Waals surface area contributed by atoms with E-state index in [0.29, 0.717) is 12.6 Å². The van der Waals surface area contributed by atoms with Crippen molar-refractivity contribution in [2.75, 3.05) is 6.54 Å². The third-order valence-electron chi connectivity index (χ3n) is 3.13. The number of aliphatic hydroxyl groups is 1. The quantitative estimate of drug-likeness (QED) is 0.864. The standard InChI is InChI=1S/C11H18BrN3O/c1-9(6-15-7-10(12)5-14-15)13-8-11(16)3-2-4-11/h5,7,9,13,16H,2-4,6,8H2,1H3. The van der Waals surface area contributed by atoms with Crippen molar-refractivity contribution in [2.24, 2.45) is 0 Å². The van der Waals surface area contributed by atoms with E-state index in [0.717, 1.165) is 30.3 Å². The van der Waals surface area contributed by atoms with Crippen LogP contribution in [0.15, 0.2) is 16.9 Å². The first-order chi connectivity index (χ1) is 7.57. The molecule has 0 aromatic carbocycles. The second kappa shape index (κ2) is 4.85. The molecule has 1 atom stereocenters. The van der Waals surface area contributed by atoms with Crippen LogP contribution in [0.4, 0.5) is 0 Å². The van der Waals surface area contributed by atoms with Crippen molar-refractivity contribution in [3.8, 4) is 0 Å². The Kier molecular flexibility index (Phi) is 3.66. The summed E-state index contributed by atoms with van der Waals surface area (Å²) in [7, 11) is 0. The van der Waals surface area contributed by atoms with Gasteiger partial charge < -0.3 is 10.4 Å². The molecule has 0 bridgehead atoms. The molecule has 1 aromatic rings. The SMILES string of the molecule is CC(Cn1cc(Br)cn1)NCC1(O)CCC1. The lowest BCUT2D eigenvalue weighted by Gasteiger charge is -2.37. The van der Waals surface area contributed by atoms with Crippen LogP contribution < -0.4 is 5.32 Å². The van der Waals surface area contributed by atoms with Gasteiger partial charge in [0, 0.05) is 18.8 Å². The molecule has 1 fully saturated rings. The Bertz CT molecular complexity index is 349. The average Bonchev–Trinajstić information content (AvgIpc) is 2.58. The first kappa shape index (κ1) is 12.1. The summed E-state index contributed by atoms with van der Waals surface area (Å²) in [6, 6.07) is 0.316. The summed E-state index contributed by atoms with van der Waals surface area (Å²) in [5.41, 5.74) is -0.445. The average molecular weight is 288 g/mol. The van der Waals surface area contributed by atoms with E-state index in [-0.39, 0.29) is 0 Å². The largest absolute Gasteiger partial charge is 0.389 e. The van der Waals surface area contributed by atoms with E-state index in [9.17, 15) is 5.11 Å². The molecule has 0 radical (unpaired) electrons. The molecule has 2 N–H and O–H groups in total. The highest BCUT2D eigenvalue weighted by atomic mass is 79.9. The van der Waals surface area contributed by atoms with Crippen molar-refractivity contribution in [3.05, 3.63) is 16.9 Å². The van der Waals surface area contributed by atoms with Crippen molar-refractivity contribution in [1.82, 2.24) is 15.1 Å². The predicted octanol–water partition coefficient (Wildman–Crippen LogP) is 1.54. The number of nitrogens with zero attached hydrogens (tertiary/aromatic N) is 2. The van der Waals surface area contributed by atoms with Crippen LogP contribution in [0.5, 0.6) is 0 Å². The zero-order valence-electron chi connectivity index (χ0n) is 9.49. The second-order valence-corrected chi connectivity index (χ2v) is 5.66. The fourth-order valence-electron chi connectivity index (χ4n) is 1.91. The Morgan fingerprint density at radius 3 is 2.94 bits per heavy atom. The van der Waals surface area contributed by atoms with Gasteiger partial charge in [0.2, 0.25) is 0 Å². The number of hydrogen-bond acceptors (Lipinski definition) is 3. The van der Waals surface area contributed by atoms with E-state index in [1.807, 2.05) is 10.9 Å². The molecule has 4 nitrogen and oxygen atoms in total. The van der Waals surface area contributed by atoms with Crippen LogP contribution in [0.25, 0.3) is 0 Å². The summed E-state index contributed by atoms with van der Waals surface area (Å²) < 4.78 is 2.89. The Morgan fingerprint density at radius 1 is 1.69 bits per heavy atom. The van der Waals surface area contributed by atoms with E-state index in [4.69, 9.17) is 0 Å². The van der Waals surface area contributed by atoms with Crippen LogP contribution >= 0.6 is 15.9 Å². The molecule has 1 saturated carbocycles. The second-order valence-electron chi connectivity index (χ2n) is 4.74. The van der Waals surface area contributed by atoms with E-state index in [2.05, 4.69) is 33.3 Å². The van der Waals surface area contributed by atoms with Crippen molar-refractivity contribution in [2.45, 2.75) is 44.4 Å². The van der Waals surface area contributed by atoms with Crippen LogP contribution in [0.3, 0.4) is 0 Å². The van der Waals surface area contributed by atoms with Crippen molar-refractivity contribution < 1.29 is 5.11 Å². The fraction of sp³-hybridized carbons (Fsp3) is 0.727. The van der Waals surface area contributed by atoms with E-state index in [1.165, 1.54) is 0 Å². The number of nitrogens with one attached hydrogen (secondary N) is 1. The topological polar surface area (TPSA) is 50.1 Å². The van der Waals surface area contributed by atoms with Crippen LogP contribution in [-0.2, 0) is 6.54 Å². The summed E-state index contributed by atoms with van der Waals surface area (Å²) in [5, 5.41) is 17.5. The van der Waals surface area contributed by atoms with Gasteiger partial charge in [-0.3, -0.25) is 4.68 Å². The molecular formula is C11H18BrN3O. The minimum absolute atomic E-state index is 0.316. The molecule has 1 aliphatic rings. The monoisotopic (exact) mass is 287 g/mol. The lowest BCUT2D eigenvalue weighted by atomic mass is 9.80. The van der Waals surface area contributed by atoms with Crippen LogP contribution in [-0.4, -0.2) is 33.1 Å². The molecule has 0 saturated heterocycles. The van der Waals surface area contributed by atoms with Crippen LogP contribution in [0, 0.1) is 0 Å². The lowest BCUT2D eigenvalue weighted by molar-refractivity contribution is -0.0332. The predicted molar refractivity (Wildman–Crippen MR) is 66.2 cm³/mol. The molecule has 2 rings (SSSR count). The van der Waals surface area contributed by atoms with Gasteiger partial charge in [-0.2, -0.15) is 5.10 Å².